The van der Waals surface area contributed by atoms with Gasteiger partial charge in [-0.15, -0.1) is 0 Å². The second-order valence-electron chi connectivity index (χ2n) is 3.60. The van der Waals surface area contributed by atoms with Gasteiger partial charge in [-0.05, 0) is 23.8 Å². The lowest BCUT2D eigenvalue weighted by molar-refractivity contribution is -0.142. The Morgan fingerprint density at radius 2 is 2.19 bits per heavy atom. The molecule has 0 heterocycles. The Morgan fingerprint density at radius 3 is 2.81 bits per heavy atom. The predicted molar refractivity (Wildman–Crippen MR) is 60.1 cm³/mol. The summed E-state index contributed by atoms with van der Waals surface area (Å²) in [5, 5.41) is 0.511. The molecule has 5 heteroatoms. The molecule has 2 rings (SSSR count). The maximum absolute atomic E-state index is 12.0. The molecule has 0 spiro atoms. The number of ketones is 1. The fraction of sp³-hybridized carbons (Fsp3) is 0.273. The van der Waals surface area contributed by atoms with Gasteiger partial charge in [-0.1, -0.05) is 23.2 Å². The van der Waals surface area contributed by atoms with Gasteiger partial charge in [-0.2, -0.15) is 0 Å². The zero-order valence-corrected chi connectivity index (χ0v) is 9.93. The number of alkyl halides is 1. The van der Waals surface area contributed by atoms with E-state index in [1.165, 1.54) is 7.11 Å². The number of carbonyl (C=O) groups is 2. The van der Waals surface area contributed by atoms with E-state index in [0.29, 0.717) is 16.1 Å². The van der Waals surface area contributed by atoms with Gasteiger partial charge in [0.05, 0.1) is 7.11 Å². The van der Waals surface area contributed by atoms with Crippen molar-refractivity contribution < 1.29 is 14.3 Å². The van der Waals surface area contributed by atoms with E-state index in [2.05, 4.69) is 4.74 Å². The van der Waals surface area contributed by atoms with E-state index in [1.807, 2.05) is 0 Å². The third-order valence-corrected chi connectivity index (χ3v) is 3.31. The molecule has 0 aromatic heterocycles. The minimum absolute atomic E-state index is 0.121. The summed E-state index contributed by atoms with van der Waals surface area (Å²) in [5.74, 6) is -1.15. The topological polar surface area (TPSA) is 43.4 Å². The van der Waals surface area contributed by atoms with Crippen LogP contribution in [0.15, 0.2) is 18.2 Å². The molecule has 0 fully saturated rings. The normalized spacial score (nSPS) is 23.1. The number of ether oxygens (including phenoxy) is 1. The lowest BCUT2D eigenvalue weighted by atomic mass is 10.0. The van der Waals surface area contributed by atoms with Gasteiger partial charge >= 0.3 is 5.97 Å². The second-order valence-corrected chi connectivity index (χ2v) is 4.68. The van der Waals surface area contributed by atoms with Crippen molar-refractivity contribution in [3.8, 4) is 0 Å². The molecule has 0 saturated heterocycles. The lowest BCUT2D eigenvalue weighted by Gasteiger charge is -2.15. The predicted octanol–water partition coefficient (Wildman–Crippen LogP) is 2.23. The first kappa shape index (κ1) is 11.4. The van der Waals surface area contributed by atoms with Crippen LogP contribution in [0, 0.1) is 0 Å². The van der Waals surface area contributed by atoms with Crippen LogP contribution < -0.4 is 0 Å². The minimum Gasteiger partial charge on any atom is -0.467 e. The van der Waals surface area contributed by atoms with Crippen LogP contribution in [0.4, 0.5) is 0 Å². The fourth-order valence-electron chi connectivity index (χ4n) is 1.81. The van der Waals surface area contributed by atoms with Crippen LogP contribution in [0.25, 0.3) is 0 Å². The van der Waals surface area contributed by atoms with Gasteiger partial charge in [0.25, 0.3) is 0 Å². The molecule has 0 bridgehead atoms. The molecule has 1 aliphatic rings. The molecule has 16 heavy (non-hydrogen) atoms. The van der Waals surface area contributed by atoms with Crippen molar-refractivity contribution in [2.75, 3.05) is 7.11 Å². The van der Waals surface area contributed by atoms with E-state index < -0.39 is 16.6 Å². The fourth-order valence-corrected chi connectivity index (χ4v) is 2.33. The monoisotopic (exact) mass is 258 g/mol. The molecule has 0 amide bonds. The highest BCUT2D eigenvalue weighted by atomic mass is 35.5. The molecule has 3 nitrogen and oxygen atoms in total. The van der Waals surface area contributed by atoms with Crippen molar-refractivity contribution in [2.24, 2.45) is 0 Å². The molecule has 84 valence electrons. The zero-order valence-electron chi connectivity index (χ0n) is 8.42. The molecule has 1 aromatic carbocycles. The van der Waals surface area contributed by atoms with Crippen LogP contribution >= 0.6 is 23.2 Å². The summed E-state index contributed by atoms with van der Waals surface area (Å²) < 4.78 is 4.54. The lowest BCUT2D eigenvalue weighted by Crippen LogP contribution is -2.39. The van der Waals surface area contributed by atoms with Crippen LogP contribution in [-0.4, -0.2) is 23.7 Å². The molecule has 0 aliphatic heterocycles. The molecular weight excluding hydrogens is 251 g/mol. The van der Waals surface area contributed by atoms with Gasteiger partial charge in [0, 0.05) is 17.0 Å². The van der Waals surface area contributed by atoms with E-state index in [9.17, 15) is 9.59 Å². The Bertz CT molecular complexity index is 484. The Morgan fingerprint density at radius 1 is 1.50 bits per heavy atom. The van der Waals surface area contributed by atoms with E-state index in [-0.39, 0.29) is 6.42 Å². The number of fused-ring (bicyclic) bond motifs is 1. The third kappa shape index (κ3) is 1.51. The maximum atomic E-state index is 12.0. The van der Waals surface area contributed by atoms with Crippen LogP contribution in [0.5, 0.6) is 0 Å². The highest BCUT2D eigenvalue weighted by Gasteiger charge is 2.51. The Balaban J connectivity index is 2.48. The maximum Gasteiger partial charge on any atom is 0.335 e. The summed E-state index contributed by atoms with van der Waals surface area (Å²) in [6.45, 7) is 0. The number of hydrogen-bond donors (Lipinski definition) is 0. The van der Waals surface area contributed by atoms with Crippen molar-refractivity contribution in [3.05, 3.63) is 34.3 Å². The number of benzene rings is 1. The summed E-state index contributed by atoms with van der Waals surface area (Å²) in [7, 11) is 1.20. The number of Topliss-reactive ketones (excluding diaryl/α,β-unsaturated/α-hetero) is 1. The van der Waals surface area contributed by atoms with Gasteiger partial charge in [0.2, 0.25) is 4.87 Å². The molecule has 0 radical (unpaired) electrons. The zero-order chi connectivity index (χ0) is 11.9. The molecule has 0 N–H and O–H groups in total. The van der Waals surface area contributed by atoms with Crippen molar-refractivity contribution in [1.29, 1.82) is 0 Å². The number of methoxy groups -OCH3 is 1. The van der Waals surface area contributed by atoms with E-state index in [0.717, 1.165) is 0 Å². The molecule has 0 saturated carbocycles. The Kier molecular flexibility index (Phi) is 2.68. The summed E-state index contributed by atoms with van der Waals surface area (Å²) >= 11 is 11.8. The molecule has 1 aliphatic carbocycles. The first-order valence-corrected chi connectivity index (χ1v) is 5.35. The molecule has 1 atom stereocenters. The van der Waals surface area contributed by atoms with Crippen molar-refractivity contribution in [2.45, 2.75) is 11.3 Å². The molecule has 0 unspecified atom stereocenters. The standard InChI is InChI=1S/C11H8Cl2O3/c1-16-10(15)11(13)5-6-4-7(12)2-3-8(6)9(11)14/h2-4H,5H2,1H3/t11-/m1/s1. The highest BCUT2D eigenvalue weighted by molar-refractivity contribution is 6.49. The number of esters is 1. The Labute approximate surface area is 102 Å². The van der Waals surface area contributed by atoms with Crippen molar-refractivity contribution >= 4 is 35.0 Å². The van der Waals surface area contributed by atoms with Crippen LogP contribution in [0.2, 0.25) is 5.02 Å². The summed E-state index contributed by atoms with van der Waals surface area (Å²) in [4.78, 5) is 21.8. The van der Waals surface area contributed by atoms with Gasteiger partial charge in [-0.25, -0.2) is 4.79 Å². The second kappa shape index (κ2) is 3.75. The largest absolute Gasteiger partial charge is 0.467 e. The first-order valence-electron chi connectivity index (χ1n) is 4.59. The quantitative estimate of drug-likeness (QED) is 0.441. The van der Waals surface area contributed by atoms with Crippen molar-refractivity contribution in [1.82, 2.24) is 0 Å². The van der Waals surface area contributed by atoms with Crippen LogP contribution in [0.3, 0.4) is 0 Å². The third-order valence-electron chi connectivity index (χ3n) is 2.61. The number of halogens is 2. The summed E-state index contributed by atoms with van der Waals surface area (Å²) in [5.41, 5.74) is 1.11. The number of rotatable bonds is 1. The van der Waals surface area contributed by atoms with E-state index in [4.69, 9.17) is 23.2 Å². The summed E-state index contributed by atoms with van der Waals surface area (Å²) in [6, 6.07) is 4.81. The average molecular weight is 259 g/mol. The van der Waals surface area contributed by atoms with Crippen molar-refractivity contribution in [3.63, 3.8) is 0 Å². The van der Waals surface area contributed by atoms with Crippen LogP contribution in [-0.2, 0) is 16.0 Å². The van der Waals surface area contributed by atoms with Gasteiger partial charge in [-0.3, -0.25) is 4.79 Å². The summed E-state index contributed by atoms with van der Waals surface area (Å²) in [6.07, 6.45) is 0.121. The first-order chi connectivity index (χ1) is 7.49. The highest BCUT2D eigenvalue weighted by Crippen LogP contribution is 2.37. The molecular formula is C11H8Cl2O3. The van der Waals surface area contributed by atoms with E-state index >= 15 is 0 Å². The van der Waals surface area contributed by atoms with Gasteiger partial charge < -0.3 is 4.74 Å². The number of hydrogen-bond acceptors (Lipinski definition) is 3. The van der Waals surface area contributed by atoms with E-state index in [1.54, 1.807) is 18.2 Å². The van der Waals surface area contributed by atoms with Crippen LogP contribution in [0.1, 0.15) is 15.9 Å². The smallest absolute Gasteiger partial charge is 0.335 e. The Hall–Kier alpha value is -1.06. The van der Waals surface area contributed by atoms with Gasteiger partial charge in [0.1, 0.15) is 0 Å². The average Bonchev–Trinajstić information content (AvgIpc) is 2.51. The number of carbonyl (C=O) groups excluding carboxylic acids is 2. The minimum atomic E-state index is -1.62. The van der Waals surface area contributed by atoms with Gasteiger partial charge in [0.15, 0.2) is 5.78 Å². The molecule has 1 aromatic rings. The SMILES string of the molecule is COC(=O)[C@@]1(Cl)Cc2cc(Cl)ccc2C1=O.